The molecule has 0 aliphatic carbocycles. The number of aliphatic hydroxyl groups excluding tert-OH is 1. The third kappa shape index (κ3) is 3.98. The lowest BCUT2D eigenvalue weighted by molar-refractivity contribution is 0.102. The summed E-state index contributed by atoms with van der Waals surface area (Å²) in [6, 6.07) is 16.2. The lowest BCUT2D eigenvalue weighted by atomic mass is 10.0. The van der Waals surface area contributed by atoms with Crippen LogP contribution in [0.4, 0.5) is 5.69 Å². The molecular formula is C21H20ClNO3. The lowest BCUT2D eigenvalue weighted by Gasteiger charge is -2.09. The van der Waals surface area contributed by atoms with Gasteiger partial charge in [-0.25, -0.2) is 0 Å². The van der Waals surface area contributed by atoms with Crippen molar-refractivity contribution in [2.24, 2.45) is 0 Å². The van der Waals surface area contributed by atoms with Gasteiger partial charge in [-0.1, -0.05) is 37.6 Å². The van der Waals surface area contributed by atoms with Crippen LogP contribution in [0.5, 0.6) is 0 Å². The van der Waals surface area contributed by atoms with Gasteiger partial charge in [-0.05, 0) is 53.9 Å². The standard InChI is InChI=1S/C21H20ClNO3/c1-13(2)14-3-5-15(6-4-14)21(25)23-16-7-9-18(19(22)11-16)20-10-8-17(12-24)26-20/h3-11,13,24H,12H2,1-2H3,(H,23,25). The van der Waals surface area contributed by atoms with Crippen molar-refractivity contribution in [3.05, 3.63) is 76.5 Å². The molecular weight excluding hydrogens is 350 g/mol. The normalized spacial score (nSPS) is 11.0. The molecule has 0 saturated carbocycles. The summed E-state index contributed by atoms with van der Waals surface area (Å²) in [6.45, 7) is 4.06. The van der Waals surface area contributed by atoms with E-state index in [1.54, 1.807) is 30.3 Å². The van der Waals surface area contributed by atoms with Gasteiger partial charge in [0.1, 0.15) is 18.1 Å². The molecule has 0 aliphatic rings. The first-order chi connectivity index (χ1) is 12.5. The molecule has 2 N–H and O–H groups in total. The monoisotopic (exact) mass is 369 g/mol. The van der Waals surface area contributed by atoms with Gasteiger partial charge < -0.3 is 14.8 Å². The average Bonchev–Trinajstić information content (AvgIpc) is 3.10. The average molecular weight is 370 g/mol. The van der Waals surface area contributed by atoms with Crippen molar-refractivity contribution in [2.75, 3.05) is 5.32 Å². The number of carbonyl (C=O) groups is 1. The maximum Gasteiger partial charge on any atom is 0.255 e. The van der Waals surface area contributed by atoms with Gasteiger partial charge in [0.05, 0.1) is 5.02 Å². The van der Waals surface area contributed by atoms with Gasteiger partial charge in [-0.3, -0.25) is 4.79 Å². The van der Waals surface area contributed by atoms with Crippen LogP contribution in [0.25, 0.3) is 11.3 Å². The molecule has 3 aromatic rings. The Morgan fingerprint density at radius 1 is 1.12 bits per heavy atom. The molecule has 3 rings (SSSR count). The number of amides is 1. The predicted molar refractivity (Wildman–Crippen MR) is 104 cm³/mol. The second kappa shape index (κ2) is 7.77. The first-order valence-corrected chi connectivity index (χ1v) is 8.76. The number of carbonyl (C=O) groups excluding carboxylic acids is 1. The van der Waals surface area contributed by atoms with E-state index >= 15 is 0 Å². The molecule has 2 aromatic carbocycles. The van der Waals surface area contributed by atoms with Crippen molar-refractivity contribution in [1.29, 1.82) is 0 Å². The number of benzene rings is 2. The van der Waals surface area contributed by atoms with Crippen molar-refractivity contribution in [1.82, 2.24) is 0 Å². The number of hydrogen-bond acceptors (Lipinski definition) is 3. The van der Waals surface area contributed by atoms with Gasteiger partial charge in [0.2, 0.25) is 0 Å². The van der Waals surface area contributed by atoms with Crippen LogP contribution in [0.15, 0.2) is 59.0 Å². The van der Waals surface area contributed by atoms with E-state index in [-0.39, 0.29) is 12.5 Å². The van der Waals surface area contributed by atoms with E-state index in [4.69, 9.17) is 21.1 Å². The van der Waals surface area contributed by atoms with E-state index < -0.39 is 0 Å². The van der Waals surface area contributed by atoms with E-state index in [1.807, 2.05) is 24.3 Å². The molecule has 0 atom stereocenters. The van der Waals surface area contributed by atoms with Crippen LogP contribution in [-0.4, -0.2) is 11.0 Å². The van der Waals surface area contributed by atoms with Crippen LogP contribution >= 0.6 is 11.6 Å². The first-order valence-electron chi connectivity index (χ1n) is 8.38. The fourth-order valence-corrected chi connectivity index (χ4v) is 2.90. The Morgan fingerprint density at radius 2 is 1.85 bits per heavy atom. The summed E-state index contributed by atoms with van der Waals surface area (Å²) < 4.78 is 5.50. The van der Waals surface area contributed by atoms with Gasteiger partial charge in [0.25, 0.3) is 5.91 Å². The summed E-state index contributed by atoms with van der Waals surface area (Å²) >= 11 is 6.33. The van der Waals surface area contributed by atoms with Crippen molar-refractivity contribution in [3.63, 3.8) is 0 Å². The van der Waals surface area contributed by atoms with Crippen LogP contribution in [0.1, 0.15) is 41.4 Å². The zero-order chi connectivity index (χ0) is 18.7. The molecule has 0 fully saturated rings. The predicted octanol–water partition coefficient (Wildman–Crippen LogP) is 5.47. The number of anilines is 1. The zero-order valence-electron chi connectivity index (χ0n) is 14.6. The quantitative estimate of drug-likeness (QED) is 0.627. The number of furan rings is 1. The second-order valence-corrected chi connectivity index (χ2v) is 6.76. The Labute approximate surface area is 157 Å². The molecule has 0 saturated heterocycles. The Kier molecular flexibility index (Phi) is 5.45. The summed E-state index contributed by atoms with van der Waals surface area (Å²) in [5.74, 6) is 1.27. The van der Waals surface area contributed by atoms with Crippen molar-refractivity contribution in [3.8, 4) is 11.3 Å². The highest BCUT2D eigenvalue weighted by atomic mass is 35.5. The fraction of sp³-hybridized carbons (Fsp3) is 0.190. The largest absolute Gasteiger partial charge is 0.459 e. The molecule has 134 valence electrons. The minimum Gasteiger partial charge on any atom is -0.459 e. The van der Waals surface area contributed by atoms with Crippen molar-refractivity contribution in [2.45, 2.75) is 26.4 Å². The molecule has 0 aliphatic heterocycles. The van der Waals surface area contributed by atoms with E-state index in [0.29, 0.717) is 39.3 Å². The molecule has 1 amide bonds. The first kappa shape index (κ1) is 18.2. The minimum absolute atomic E-state index is 0.165. The van der Waals surface area contributed by atoms with Gasteiger partial charge in [0, 0.05) is 16.8 Å². The Morgan fingerprint density at radius 3 is 2.42 bits per heavy atom. The van der Waals surface area contributed by atoms with Crippen molar-refractivity contribution < 1.29 is 14.3 Å². The zero-order valence-corrected chi connectivity index (χ0v) is 15.4. The van der Waals surface area contributed by atoms with Crippen LogP contribution in [-0.2, 0) is 6.61 Å². The summed E-state index contributed by atoms with van der Waals surface area (Å²) in [5.41, 5.74) is 3.08. The minimum atomic E-state index is -0.190. The van der Waals surface area contributed by atoms with Gasteiger partial charge >= 0.3 is 0 Å². The van der Waals surface area contributed by atoms with Crippen LogP contribution in [0, 0.1) is 0 Å². The molecule has 0 spiro atoms. The Hall–Kier alpha value is -2.56. The number of hydrogen-bond donors (Lipinski definition) is 2. The molecule has 26 heavy (non-hydrogen) atoms. The maximum atomic E-state index is 12.4. The van der Waals surface area contributed by atoms with Gasteiger partial charge in [-0.2, -0.15) is 0 Å². The van der Waals surface area contributed by atoms with E-state index in [0.717, 1.165) is 0 Å². The molecule has 1 aromatic heterocycles. The topological polar surface area (TPSA) is 62.5 Å². The van der Waals surface area contributed by atoms with E-state index in [1.165, 1.54) is 5.56 Å². The highest BCUT2D eigenvalue weighted by Gasteiger charge is 2.12. The molecule has 0 bridgehead atoms. The molecule has 1 heterocycles. The van der Waals surface area contributed by atoms with Crippen LogP contribution in [0.3, 0.4) is 0 Å². The molecule has 0 unspecified atom stereocenters. The second-order valence-electron chi connectivity index (χ2n) is 6.35. The van der Waals surface area contributed by atoms with Crippen molar-refractivity contribution >= 4 is 23.2 Å². The third-order valence-corrected chi connectivity index (χ3v) is 4.46. The summed E-state index contributed by atoms with van der Waals surface area (Å²) in [4.78, 5) is 12.4. The van der Waals surface area contributed by atoms with Gasteiger partial charge in [0.15, 0.2) is 0 Å². The third-order valence-electron chi connectivity index (χ3n) is 4.15. The highest BCUT2D eigenvalue weighted by molar-refractivity contribution is 6.33. The molecule has 0 radical (unpaired) electrons. The highest BCUT2D eigenvalue weighted by Crippen LogP contribution is 2.31. The fourth-order valence-electron chi connectivity index (χ4n) is 2.62. The number of halogens is 1. The van der Waals surface area contributed by atoms with Crippen LogP contribution < -0.4 is 5.32 Å². The smallest absolute Gasteiger partial charge is 0.255 e. The number of rotatable bonds is 5. The SMILES string of the molecule is CC(C)c1ccc(C(=O)Nc2ccc(-c3ccc(CO)o3)c(Cl)c2)cc1. The summed E-state index contributed by atoms with van der Waals surface area (Å²) in [5, 5.41) is 12.4. The summed E-state index contributed by atoms with van der Waals surface area (Å²) in [6.07, 6.45) is 0. The van der Waals surface area contributed by atoms with Crippen LogP contribution in [0.2, 0.25) is 5.02 Å². The number of nitrogens with one attached hydrogen (secondary N) is 1. The lowest BCUT2D eigenvalue weighted by Crippen LogP contribution is -2.11. The van der Waals surface area contributed by atoms with E-state index in [9.17, 15) is 4.79 Å². The number of aliphatic hydroxyl groups is 1. The van der Waals surface area contributed by atoms with E-state index in [2.05, 4.69) is 19.2 Å². The Bertz CT molecular complexity index is 913. The summed E-state index contributed by atoms with van der Waals surface area (Å²) in [7, 11) is 0. The van der Waals surface area contributed by atoms with Gasteiger partial charge in [-0.15, -0.1) is 0 Å². The Balaban J connectivity index is 1.75. The molecule has 4 nitrogen and oxygen atoms in total. The molecule has 5 heteroatoms. The maximum absolute atomic E-state index is 12.4.